The van der Waals surface area contributed by atoms with E-state index in [0.29, 0.717) is 12.0 Å². The average molecular weight is 223 g/mol. The molecule has 1 aliphatic rings. The molecule has 1 heterocycles. The second-order valence-electron chi connectivity index (χ2n) is 4.46. The van der Waals surface area contributed by atoms with Crippen LogP contribution in [0.25, 0.3) is 0 Å². The molecule has 0 radical (unpaired) electrons. The molecule has 2 nitrogen and oxygen atoms in total. The van der Waals surface area contributed by atoms with Crippen molar-refractivity contribution in [1.82, 2.24) is 5.32 Å². The van der Waals surface area contributed by atoms with Gasteiger partial charge in [0.2, 0.25) is 0 Å². The van der Waals surface area contributed by atoms with E-state index in [9.17, 15) is 9.50 Å². The predicted molar refractivity (Wildman–Crippen MR) is 61.6 cm³/mol. The molecule has 2 unspecified atom stereocenters. The van der Waals surface area contributed by atoms with Crippen molar-refractivity contribution >= 4 is 0 Å². The number of rotatable bonds is 2. The summed E-state index contributed by atoms with van der Waals surface area (Å²) < 4.78 is 13.7. The van der Waals surface area contributed by atoms with Gasteiger partial charge >= 0.3 is 0 Å². The third-order valence-electron chi connectivity index (χ3n) is 3.58. The molecule has 0 bridgehead atoms. The Kier molecular flexibility index (Phi) is 3.26. The van der Waals surface area contributed by atoms with Crippen LogP contribution in [0.15, 0.2) is 24.3 Å². The Balaban J connectivity index is 2.39. The van der Waals surface area contributed by atoms with Crippen LogP contribution >= 0.6 is 0 Å². The van der Waals surface area contributed by atoms with Crippen molar-refractivity contribution < 1.29 is 9.50 Å². The molecule has 0 amide bonds. The molecule has 0 aromatic heterocycles. The molecular weight excluding hydrogens is 205 g/mol. The fourth-order valence-electron chi connectivity index (χ4n) is 2.58. The van der Waals surface area contributed by atoms with Gasteiger partial charge < -0.3 is 10.4 Å². The van der Waals surface area contributed by atoms with Gasteiger partial charge in [-0.3, -0.25) is 0 Å². The number of aliphatic hydroxyl groups is 1. The SMILES string of the molecule is CCC1CNCCC1(O)c1ccccc1F. The highest BCUT2D eigenvalue weighted by molar-refractivity contribution is 5.26. The van der Waals surface area contributed by atoms with Crippen LogP contribution in [0.4, 0.5) is 4.39 Å². The molecule has 88 valence electrons. The van der Waals surface area contributed by atoms with Gasteiger partial charge in [0, 0.05) is 18.0 Å². The molecular formula is C13H18FNO. The Morgan fingerprint density at radius 3 is 2.94 bits per heavy atom. The molecule has 1 fully saturated rings. The fraction of sp³-hybridized carbons (Fsp3) is 0.538. The van der Waals surface area contributed by atoms with Gasteiger partial charge in [-0.15, -0.1) is 0 Å². The topological polar surface area (TPSA) is 32.3 Å². The number of hydrogen-bond donors (Lipinski definition) is 2. The van der Waals surface area contributed by atoms with E-state index in [-0.39, 0.29) is 11.7 Å². The van der Waals surface area contributed by atoms with Crippen LogP contribution in [-0.4, -0.2) is 18.2 Å². The van der Waals surface area contributed by atoms with E-state index in [2.05, 4.69) is 5.32 Å². The normalized spacial score (nSPS) is 30.3. The highest BCUT2D eigenvalue weighted by Crippen LogP contribution is 2.37. The minimum absolute atomic E-state index is 0.0816. The minimum Gasteiger partial charge on any atom is -0.385 e. The quantitative estimate of drug-likeness (QED) is 0.804. The highest BCUT2D eigenvalue weighted by atomic mass is 19.1. The van der Waals surface area contributed by atoms with Crippen molar-refractivity contribution in [2.75, 3.05) is 13.1 Å². The van der Waals surface area contributed by atoms with Crippen molar-refractivity contribution in [2.45, 2.75) is 25.4 Å². The highest BCUT2D eigenvalue weighted by Gasteiger charge is 2.40. The summed E-state index contributed by atoms with van der Waals surface area (Å²) in [5.74, 6) is -0.219. The lowest BCUT2D eigenvalue weighted by molar-refractivity contribution is -0.0504. The second-order valence-corrected chi connectivity index (χ2v) is 4.46. The Bertz CT molecular complexity index is 369. The number of benzene rings is 1. The van der Waals surface area contributed by atoms with Crippen LogP contribution in [0.3, 0.4) is 0 Å². The fourth-order valence-corrected chi connectivity index (χ4v) is 2.58. The van der Waals surface area contributed by atoms with Gasteiger partial charge in [0.25, 0.3) is 0 Å². The molecule has 1 aromatic rings. The van der Waals surface area contributed by atoms with E-state index in [1.54, 1.807) is 18.2 Å². The molecule has 2 rings (SSSR count). The van der Waals surface area contributed by atoms with Crippen LogP contribution in [-0.2, 0) is 5.60 Å². The molecule has 0 spiro atoms. The number of nitrogens with one attached hydrogen (secondary N) is 1. The molecule has 1 aliphatic heterocycles. The van der Waals surface area contributed by atoms with Gasteiger partial charge in [-0.05, 0) is 25.5 Å². The largest absolute Gasteiger partial charge is 0.385 e. The van der Waals surface area contributed by atoms with Gasteiger partial charge in [-0.2, -0.15) is 0 Å². The van der Waals surface area contributed by atoms with Gasteiger partial charge in [0.1, 0.15) is 5.82 Å². The first-order chi connectivity index (χ1) is 7.68. The lowest BCUT2D eigenvalue weighted by atomic mass is 9.75. The van der Waals surface area contributed by atoms with Crippen LogP contribution in [0.1, 0.15) is 25.3 Å². The Morgan fingerprint density at radius 2 is 2.25 bits per heavy atom. The van der Waals surface area contributed by atoms with E-state index in [1.807, 2.05) is 6.92 Å². The summed E-state index contributed by atoms with van der Waals surface area (Å²) in [5, 5.41) is 14.0. The maximum Gasteiger partial charge on any atom is 0.129 e. The van der Waals surface area contributed by atoms with Crippen molar-refractivity contribution in [2.24, 2.45) is 5.92 Å². The number of piperidine rings is 1. The Hall–Kier alpha value is -0.930. The summed E-state index contributed by atoms with van der Waals surface area (Å²) in [6.45, 7) is 3.52. The lowest BCUT2D eigenvalue weighted by Gasteiger charge is -2.40. The summed E-state index contributed by atoms with van der Waals surface area (Å²) in [4.78, 5) is 0. The number of hydrogen-bond acceptors (Lipinski definition) is 2. The van der Waals surface area contributed by atoms with Crippen LogP contribution in [0, 0.1) is 11.7 Å². The maximum absolute atomic E-state index is 13.7. The van der Waals surface area contributed by atoms with Crippen LogP contribution in [0.5, 0.6) is 0 Å². The van der Waals surface area contributed by atoms with Crippen molar-refractivity contribution in [3.8, 4) is 0 Å². The smallest absolute Gasteiger partial charge is 0.129 e. The summed E-state index contributed by atoms with van der Waals surface area (Å²) in [6.07, 6.45) is 1.42. The third kappa shape index (κ3) is 1.85. The molecule has 0 aliphatic carbocycles. The van der Waals surface area contributed by atoms with Gasteiger partial charge in [-0.1, -0.05) is 25.1 Å². The monoisotopic (exact) mass is 223 g/mol. The number of halogens is 1. The first-order valence-corrected chi connectivity index (χ1v) is 5.86. The Morgan fingerprint density at radius 1 is 1.50 bits per heavy atom. The van der Waals surface area contributed by atoms with Crippen molar-refractivity contribution in [3.05, 3.63) is 35.6 Å². The maximum atomic E-state index is 13.7. The standard InChI is InChI=1S/C13H18FNO/c1-2-10-9-15-8-7-13(10,16)11-5-3-4-6-12(11)14/h3-6,10,15-16H,2,7-9H2,1H3. The molecule has 0 saturated carbocycles. The van der Waals surface area contributed by atoms with E-state index in [0.717, 1.165) is 19.5 Å². The van der Waals surface area contributed by atoms with Gasteiger partial charge in [0.15, 0.2) is 0 Å². The minimum atomic E-state index is -1.01. The zero-order chi connectivity index (χ0) is 11.6. The zero-order valence-electron chi connectivity index (χ0n) is 9.54. The lowest BCUT2D eigenvalue weighted by Crippen LogP contribution is -2.48. The summed E-state index contributed by atoms with van der Waals surface area (Å²) in [6, 6.07) is 6.56. The third-order valence-corrected chi connectivity index (χ3v) is 3.58. The van der Waals surface area contributed by atoms with Crippen LogP contribution in [0.2, 0.25) is 0 Å². The summed E-state index contributed by atoms with van der Waals surface area (Å²) in [5.41, 5.74) is -0.561. The van der Waals surface area contributed by atoms with E-state index in [4.69, 9.17) is 0 Å². The predicted octanol–water partition coefficient (Wildman–Crippen LogP) is 2.03. The van der Waals surface area contributed by atoms with Gasteiger partial charge in [-0.25, -0.2) is 4.39 Å². The zero-order valence-corrected chi connectivity index (χ0v) is 9.54. The first-order valence-electron chi connectivity index (χ1n) is 5.86. The summed E-state index contributed by atoms with van der Waals surface area (Å²) in [7, 11) is 0. The Labute approximate surface area is 95.5 Å². The molecule has 16 heavy (non-hydrogen) atoms. The molecule has 1 saturated heterocycles. The van der Waals surface area contributed by atoms with E-state index < -0.39 is 5.60 Å². The van der Waals surface area contributed by atoms with Crippen molar-refractivity contribution in [1.29, 1.82) is 0 Å². The molecule has 1 aromatic carbocycles. The molecule has 2 N–H and O–H groups in total. The molecule has 2 atom stereocenters. The van der Waals surface area contributed by atoms with E-state index in [1.165, 1.54) is 6.07 Å². The van der Waals surface area contributed by atoms with E-state index >= 15 is 0 Å². The van der Waals surface area contributed by atoms with Gasteiger partial charge in [0.05, 0.1) is 5.60 Å². The first kappa shape index (κ1) is 11.6. The second kappa shape index (κ2) is 4.52. The molecule has 3 heteroatoms. The average Bonchev–Trinajstić information content (AvgIpc) is 2.30. The van der Waals surface area contributed by atoms with Crippen molar-refractivity contribution in [3.63, 3.8) is 0 Å². The summed E-state index contributed by atoms with van der Waals surface area (Å²) >= 11 is 0. The van der Waals surface area contributed by atoms with Crippen LogP contribution < -0.4 is 5.32 Å².